The molecule has 0 unspecified atom stereocenters. The summed E-state index contributed by atoms with van der Waals surface area (Å²) in [6, 6.07) is 17.5. The van der Waals surface area contributed by atoms with Crippen LogP contribution in [0.25, 0.3) is 5.69 Å². The SMILES string of the molecule is Cc1nn(-c2ccccc2)c(C)c1CN1CCN(C(=O)c2ccccc2Cl)CC1. The highest BCUT2D eigenvalue weighted by Gasteiger charge is 2.25. The normalized spacial score (nSPS) is 14.9. The molecule has 1 aliphatic heterocycles. The average Bonchev–Trinajstić information content (AvgIpc) is 3.03. The van der Waals surface area contributed by atoms with Crippen molar-refractivity contribution in [2.45, 2.75) is 20.4 Å². The monoisotopic (exact) mass is 408 g/mol. The number of amides is 1. The molecule has 6 heteroatoms. The van der Waals surface area contributed by atoms with E-state index in [0.29, 0.717) is 23.7 Å². The number of aromatic nitrogens is 2. The highest BCUT2D eigenvalue weighted by atomic mass is 35.5. The Balaban J connectivity index is 1.42. The number of carbonyl (C=O) groups excluding carboxylic acids is 1. The van der Waals surface area contributed by atoms with Crippen molar-refractivity contribution >= 4 is 17.5 Å². The Kier molecular flexibility index (Phi) is 5.69. The Bertz CT molecular complexity index is 1010. The number of aryl methyl sites for hydroxylation is 1. The first-order chi connectivity index (χ1) is 14.0. The molecule has 1 aliphatic rings. The quantitative estimate of drug-likeness (QED) is 0.652. The van der Waals surface area contributed by atoms with E-state index in [1.165, 1.54) is 11.3 Å². The highest BCUT2D eigenvalue weighted by Crippen LogP contribution is 2.22. The Hall–Kier alpha value is -2.63. The van der Waals surface area contributed by atoms with Crippen LogP contribution in [0.1, 0.15) is 27.3 Å². The van der Waals surface area contributed by atoms with Gasteiger partial charge in [0.25, 0.3) is 5.91 Å². The molecule has 1 fully saturated rings. The number of nitrogens with zero attached hydrogens (tertiary/aromatic N) is 4. The highest BCUT2D eigenvalue weighted by molar-refractivity contribution is 6.33. The first-order valence-corrected chi connectivity index (χ1v) is 10.3. The van der Waals surface area contributed by atoms with Gasteiger partial charge >= 0.3 is 0 Å². The number of rotatable bonds is 4. The van der Waals surface area contributed by atoms with Gasteiger partial charge in [0.15, 0.2) is 0 Å². The van der Waals surface area contributed by atoms with Crippen molar-refractivity contribution in [1.29, 1.82) is 0 Å². The number of halogens is 1. The molecule has 0 N–H and O–H groups in total. The lowest BCUT2D eigenvalue weighted by Gasteiger charge is -2.35. The van der Waals surface area contributed by atoms with E-state index in [2.05, 4.69) is 30.9 Å². The minimum Gasteiger partial charge on any atom is -0.336 e. The van der Waals surface area contributed by atoms with Crippen LogP contribution in [-0.4, -0.2) is 51.7 Å². The molecule has 5 nitrogen and oxygen atoms in total. The molecule has 2 aromatic carbocycles. The second kappa shape index (κ2) is 8.39. The fourth-order valence-corrected chi connectivity index (χ4v) is 4.08. The lowest BCUT2D eigenvalue weighted by molar-refractivity contribution is 0.0628. The van der Waals surface area contributed by atoms with E-state index in [0.717, 1.165) is 31.0 Å². The van der Waals surface area contributed by atoms with Crippen molar-refractivity contribution in [3.8, 4) is 5.69 Å². The van der Waals surface area contributed by atoms with Crippen molar-refractivity contribution in [2.24, 2.45) is 0 Å². The number of para-hydroxylation sites is 1. The molecule has 1 saturated heterocycles. The summed E-state index contributed by atoms with van der Waals surface area (Å²) in [7, 11) is 0. The second-order valence-corrected chi connectivity index (χ2v) is 7.85. The van der Waals surface area contributed by atoms with Gasteiger partial charge in [-0.05, 0) is 38.1 Å². The number of benzene rings is 2. The number of carbonyl (C=O) groups is 1. The van der Waals surface area contributed by atoms with Gasteiger partial charge in [-0.15, -0.1) is 0 Å². The molecule has 29 heavy (non-hydrogen) atoms. The summed E-state index contributed by atoms with van der Waals surface area (Å²) in [6.45, 7) is 8.12. The molecule has 0 saturated carbocycles. The standard InChI is InChI=1S/C23H25ClN4O/c1-17-21(18(2)28(25-17)19-8-4-3-5-9-19)16-26-12-14-27(15-13-26)23(29)20-10-6-7-11-22(20)24/h3-11H,12-16H2,1-2H3. The Morgan fingerprint density at radius 1 is 0.966 bits per heavy atom. The van der Waals surface area contributed by atoms with Gasteiger partial charge in [0.1, 0.15) is 0 Å². The fourth-order valence-electron chi connectivity index (χ4n) is 3.86. The maximum atomic E-state index is 12.8. The molecular weight excluding hydrogens is 384 g/mol. The molecule has 0 spiro atoms. The van der Waals surface area contributed by atoms with Crippen molar-refractivity contribution in [3.05, 3.63) is 82.1 Å². The van der Waals surface area contributed by atoms with E-state index in [1.807, 2.05) is 39.9 Å². The van der Waals surface area contributed by atoms with Gasteiger partial charge in [-0.1, -0.05) is 41.9 Å². The smallest absolute Gasteiger partial charge is 0.255 e. The fraction of sp³-hybridized carbons (Fsp3) is 0.304. The van der Waals surface area contributed by atoms with Gasteiger partial charge in [-0.2, -0.15) is 5.10 Å². The predicted octanol–water partition coefficient (Wildman–Crippen LogP) is 4.10. The summed E-state index contributed by atoms with van der Waals surface area (Å²) in [6.07, 6.45) is 0. The largest absolute Gasteiger partial charge is 0.336 e. The summed E-state index contributed by atoms with van der Waals surface area (Å²) in [5, 5.41) is 5.26. The first-order valence-electron chi connectivity index (χ1n) is 9.91. The summed E-state index contributed by atoms with van der Waals surface area (Å²) in [4.78, 5) is 17.0. The van der Waals surface area contributed by atoms with Crippen LogP contribution in [-0.2, 0) is 6.54 Å². The molecule has 1 aromatic heterocycles. The molecule has 0 bridgehead atoms. The number of piperazine rings is 1. The van der Waals surface area contributed by atoms with Crippen LogP contribution in [0.3, 0.4) is 0 Å². The molecule has 0 radical (unpaired) electrons. The van der Waals surface area contributed by atoms with Gasteiger partial charge in [0, 0.05) is 44.0 Å². The Morgan fingerprint density at radius 3 is 2.31 bits per heavy atom. The third kappa shape index (κ3) is 4.07. The van der Waals surface area contributed by atoms with Crippen molar-refractivity contribution in [3.63, 3.8) is 0 Å². The second-order valence-electron chi connectivity index (χ2n) is 7.44. The minimum atomic E-state index is 0.0134. The summed E-state index contributed by atoms with van der Waals surface area (Å²) < 4.78 is 2.02. The predicted molar refractivity (Wildman–Crippen MR) is 116 cm³/mol. The van der Waals surface area contributed by atoms with E-state index >= 15 is 0 Å². The average molecular weight is 409 g/mol. The molecule has 4 rings (SSSR count). The zero-order valence-electron chi connectivity index (χ0n) is 16.8. The van der Waals surface area contributed by atoms with Crippen LogP contribution >= 0.6 is 11.6 Å². The summed E-state index contributed by atoms with van der Waals surface area (Å²) in [5.41, 5.74) is 5.15. The van der Waals surface area contributed by atoms with E-state index in [1.54, 1.807) is 12.1 Å². The van der Waals surface area contributed by atoms with Crippen LogP contribution in [0, 0.1) is 13.8 Å². The van der Waals surface area contributed by atoms with Crippen LogP contribution in [0.4, 0.5) is 0 Å². The topological polar surface area (TPSA) is 41.4 Å². The van der Waals surface area contributed by atoms with Gasteiger partial charge in [0.05, 0.1) is 22.0 Å². The molecule has 3 aromatic rings. The van der Waals surface area contributed by atoms with E-state index < -0.39 is 0 Å². The minimum absolute atomic E-state index is 0.0134. The summed E-state index contributed by atoms with van der Waals surface area (Å²) >= 11 is 6.19. The molecule has 2 heterocycles. The molecular formula is C23H25ClN4O. The van der Waals surface area contributed by atoms with Gasteiger partial charge in [-0.3, -0.25) is 9.69 Å². The molecule has 0 atom stereocenters. The van der Waals surface area contributed by atoms with E-state index in [-0.39, 0.29) is 5.91 Å². The maximum absolute atomic E-state index is 12.8. The Labute approximate surface area is 176 Å². The van der Waals surface area contributed by atoms with Crippen LogP contribution in [0.5, 0.6) is 0 Å². The summed E-state index contributed by atoms with van der Waals surface area (Å²) in [5.74, 6) is 0.0134. The zero-order chi connectivity index (χ0) is 20.4. The lowest BCUT2D eigenvalue weighted by atomic mass is 10.1. The molecule has 150 valence electrons. The maximum Gasteiger partial charge on any atom is 0.255 e. The van der Waals surface area contributed by atoms with Crippen molar-refractivity contribution in [2.75, 3.05) is 26.2 Å². The van der Waals surface area contributed by atoms with Crippen LogP contribution in [0.2, 0.25) is 5.02 Å². The third-order valence-electron chi connectivity index (χ3n) is 5.59. The number of hydrogen-bond acceptors (Lipinski definition) is 3. The van der Waals surface area contributed by atoms with Gasteiger partial charge in [0.2, 0.25) is 0 Å². The zero-order valence-corrected chi connectivity index (χ0v) is 17.6. The van der Waals surface area contributed by atoms with Crippen molar-refractivity contribution < 1.29 is 4.79 Å². The van der Waals surface area contributed by atoms with Crippen LogP contribution < -0.4 is 0 Å². The molecule has 1 amide bonds. The first kappa shape index (κ1) is 19.7. The van der Waals surface area contributed by atoms with Crippen molar-refractivity contribution in [1.82, 2.24) is 19.6 Å². The molecule has 0 aliphatic carbocycles. The van der Waals surface area contributed by atoms with E-state index in [9.17, 15) is 4.79 Å². The Morgan fingerprint density at radius 2 is 1.62 bits per heavy atom. The van der Waals surface area contributed by atoms with E-state index in [4.69, 9.17) is 16.7 Å². The number of hydrogen-bond donors (Lipinski definition) is 0. The van der Waals surface area contributed by atoms with Gasteiger partial charge < -0.3 is 4.90 Å². The van der Waals surface area contributed by atoms with Crippen LogP contribution in [0.15, 0.2) is 54.6 Å². The third-order valence-corrected chi connectivity index (χ3v) is 5.92. The lowest BCUT2D eigenvalue weighted by Crippen LogP contribution is -2.48. The van der Waals surface area contributed by atoms with Gasteiger partial charge in [-0.25, -0.2) is 4.68 Å².